The van der Waals surface area contributed by atoms with Gasteiger partial charge in [0.25, 0.3) is 0 Å². The first-order chi connectivity index (χ1) is 11.6. The fraction of sp³-hybridized carbons (Fsp3) is 0.850. The van der Waals surface area contributed by atoms with E-state index in [-0.39, 0.29) is 6.10 Å². The van der Waals surface area contributed by atoms with Crippen molar-refractivity contribution < 1.29 is 19.7 Å². The maximum absolute atomic E-state index is 11.1. The Labute approximate surface area is 147 Å². The lowest BCUT2D eigenvalue weighted by Gasteiger charge is -2.37. The number of carboxylic acids is 1. The molecule has 0 amide bonds. The average molecular weight is 341 g/mol. The lowest BCUT2D eigenvalue weighted by Crippen LogP contribution is -2.50. The van der Waals surface area contributed by atoms with Crippen LogP contribution in [0.3, 0.4) is 0 Å². The molecule has 0 saturated carbocycles. The van der Waals surface area contributed by atoms with Crippen LogP contribution in [-0.2, 0) is 9.53 Å². The van der Waals surface area contributed by atoms with E-state index < -0.39 is 11.6 Å². The van der Waals surface area contributed by atoms with Crippen LogP contribution in [0.1, 0.15) is 90.4 Å². The van der Waals surface area contributed by atoms with Crippen molar-refractivity contribution in [1.29, 1.82) is 0 Å². The first-order valence-corrected chi connectivity index (χ1v) is 9.81. The molecule has 1 heterocycles. The minimum atomic E-state index is -0.868. The zero-order valence-electron chi connectivity index (χ0n) is 15.3. The quantitative estimate of drug-likeness (QED) is 0.330. The van der Waals surface area contributed by atoms with Gasteiger partial charge >= 0.3 is 5.97 Å². The van der Waals surface area contributed by atoms with Crippen LogP contribution in [-0.4, -0.2) is 34.5 Å². The number of aliphatic carboxylic acids is 1. The monoisotopic (exact) mass is 340 g/mol. The maximum atomic E-state index is 11.1. The summed E-state index contributed by atoms with van der Waals surface area (Å²) in [7, 11) is 0. The number of rotatable bonds is 15. The summed E-state index contributed by atoms with van der Waals surface area (Å²) in [4.78, 5) is 11.1. The predicted molar refractivity (Wildman–Crippen MR) is 97.2 cm³/mol. The van der Waals surface area contributed by atoms with Crippen LogP contribution in [0.4, 0.5) is 0 Å². The SMILES string of the molecule is CCCCCC[C@@H](O)C/C=C\CCCCCCC1(C(=O)O)CCO1. The van der Waals surface area contributed by atoms with Crippen molar-refractivity contribution >= 4 is 5.97 Å². The number of ether oxygens (including phenoxy) is 1. The van der Waals surface area contributed by atoms with Gasteiger partial charge in [0.05, 0.1) is 12.7 Å². The molecule has 4 nitrogen and oxygen atoms in total. The van der Waals surface area contributed by atoms with Gasteiger partial charge in [-0.15, -0.1) is 0 Å². The molecule has 0 aromatic carbocycles. The summed E-state index contributed by atoms with van der Waals surface area (Å²) < 4.78 is 5.27. The zero-order valence-corrected chi connectivity index (χ0v) is 15.3. The highest BCUT2D eigenvalue weighted by Gasteiger charge is 2.45. The minimum absolute atomic E-state index is 0.187. The maximum Gasteiger partial charge on any atom is 0.336 e. The summed E-state index contributed by atoms with van der Waals surface area (Å²) in [5.41, 5.74) is -0.868. The fourth-order valence-electron chi connectivity index (χ4n) is 3.14. The Hall–Kier alpha value is -0.870. The van der Waals surface area contributed by atoms with Crippen molar-refractivity contribution in [2.24, 2.45) is 0 Å². The Balaban J connectivity index is 1.91. The van der Waals surface area contributed by atoms with Crippen molar-refractivity contribution in [2.75, 3.05) is 6.61 Å². The van der Waals surface area contributed by atoms with Crippen molar-refractivity contribution in [2.45, 2.75) is 102 Å². The first-order valence-electron chi connectivity index (χ1n) is 9.81. The molecule has 1 aliphatic rings. The van der Waals surface area contributed by atoms with E-state index in [1.807, 2.05) is 0 Å². The third-order valence-electron chi connectivity index (χ3n) is 4.94. The molecule has 4 heteroatoms. The van der Waals surface area contributed by atoms with Crippen molar-refractivity contribution in [3.05, 3.63) is 12.2 Å². The molecule has 1 rings (SSSR count). The summed E-state index contributed by atoms with van der Waals surface area (Å²) in [6.07, 6.45) is 17.2. The fourth-order valence-corrected chi connectivity index (χ4v) is 3.14. The van der Waals surface area contributed by atoms with E-state index in [1.54, 1.807) is 0 Å². The summed E-state index contributed by atoms with van der Waals surface area (Å²) >= 11 is 0. The molecule has 24 heavy (non-hydrogen) atoms. The molecule has 0 bridgehead atoms. The van der Waals surface area contributed by atoms with Crippen LogP contribution in [0, 0.1) is 0 Å². The third kappa shape index (κ3) is 8.29. The van der Waals surface area contributed by atoms with E-state index in [0.717, 1.165) is 51.4 Å². The molecule has 2 N–H and O–H groups in total. The predicted octanol–water partition coefficient (Wildman–Crippen LogP) is 4.85. The lowest BCUT2D eigenvalue weighted by atomic mass is 9.88. The number of aliphatic hydroxyl groups is 1. The highest BCUT2D eigenvalue weighted by atomic mass is 16.5. The molecule has 140 valence electrons. The smallest absolute Gasteiger partial charge is 0.336 e. The summed E-state index contributed by atoms with van der Waals surface area (Å²) in [5, 5.41) is 19.0. The van der Waals surface area contributed by atoms with Crippen molar-refractivity contribution in [1.82, 2.24) is 0 Å². The van der Waals surface area contributed by atoms with Gasteiger partial charge in [-0.05, 0) is 38.5 Å². The lowest BCUT2D eigenvalue weighted by molar-refractivity contribution is -0.196. The Kier molecular flexibility index (Phi) is 11.0. The van der Waals surface area contributed by atoms with E-state index in [9.17, 15) is 9.90 Å². The van der Waals surface area contributed by atoms with Crippen LogP contribution < -0.4 is 0 Å². The second-order valence-electron chi connectivity index (χ2n) is 7.06. The zero-order chi connectivity index (χ0) is 17.7. The summed E-state index contributed by atoms with van der Waals surface area (Å²) in [6, 6.07) is 0. The highest BCUT2D eigenvalue weighted by Crippen LogP contribution is 2.32. The van der Waals surface area contributed by atoms with Gasteiger partial charge < -0.3 is 14.9 Å². The molecule has 0 spiro atoms. The molecule has 1 fully saturated rings. The number of carboxylic acid groups (broad SMARTS) is 1. The number of allylic oxidation sites excluding steroid dienone is 1. The van der Waals surface area contributed by atoms with E-state index >= 15 is 0 Å². The van der Waals surface area contributed by atoms with Gasteiger partial charge in [0.1, 0.15) is 0 Å². The second kappa shape index (κ2) is 12.5. The van der Waals surface area contributed by atoms with E-state index in [2.05, 4.69) is 19.1 Å². The summed E-state index contributed by atoms with van der Waals surface area (Å²) in [6.45, 7) is 2.78. The van der Waals surface area contributed by atoms with Gasteiger partial charge in [-0.1, -0.05) is 57.6 Å². The van der Waals surface area contributed by atoms with Crippen LogP contribution in [0.2, 0.25) is 0 Å². The number of unbranched alkanes of at least 4 members (excludes halogenated alkanes) is 7. The first kappa shape index (κ1) is 21.2. The van der Waals surface area contributed by atoms with Gasteiger partial charge in [0, 0.05) is 6.42 Å². The number of hydrogen-bond donors (Lipinski definition) is 2. The van der Waals surface area contributed by atoms with Gasteiger partial charge in [-0.3, -0.25) is 0 Å². The largest absolute Gasteiger partial charge is 0.479 e. The molecule has 2 atom stereocenters. The Morgan fingerprint density at radius 1 is 1.12 bits per heavy atom. The van der Waals surface area contributed by atoms with Gasteiger partial charge in [0.2, 0.25) is 0 Å². The highest BCUT2D eigenvalue weighted by molar-refractivity contribution is 5.78. The van der Waals surface area contributed by atoms with Crippen molar-refractivity contribution in [3.63, 3.8) is 0 Å². The molecule has 1 aliphatic heterocycles. The molecule has 1 saturated heterocycles. The number of carbonyl (C=O) groups is 1. The Morgan fingerprint density at radius 2 is 1.83 bits per heavy atom. The molecule has 0 aromatic rings. The Bertz CT molecular complexity index is 361. The summed E-state index contributed by atoms with van der Waals surface area (Å²) in [5.74, 6) is -0.801. The standard InChI is InChI=1S/C20H36O4/c1-2-3-4-10-13-18(21)14-11-8-6-5-7-9-12-15-20(19(22)23)16-17-24-20/h8,11,18,21H,2-7,9-10,12-17H2,1H3,(H,22,23)/b11-8-/t18-,20?/m1/s1. The van der Waals surface area contributed by atoms with Crippen LogP contribution >= 0.6 is 0 Å². The van der Waals surface area contributed by atoms with Crippen LogP contribution in [0.15, 0.2) is 12.2 Å². The molecule has 1 unspecified atom stereocenters. The second-order valence-corrected chi connectivity index (χ2v) is 7.06. The van der Waals surface area contributed by atoms with Crippen LogP contribution in [0.25, 0.3) is 0 Å². The normalized spacial score (nSPS) is 21.8. The molecule has 0 radical (unpaired) electrons. The molecule has 0 aromatic heterocycles. The van der Waals surface area contributed by atoms with Gasteiger partial charge in [-0.25, -0.2) is 4.79 Å². The topological polar surface area (TPSA) is 66.8 Å². The van der Waals surface area contributed by atoms with Gasteiger partial charge in [-0.2, -0.15) is 0 Å². The minimum Gasteiger partial charge on any atom is -0.479 e. The van der Waals surface area contributed by atoms with E-state index in [4.69, 9.17) is 9.84 Å². The van der Waals surface area contributed by atoms with Crippen LogP contribution in [0.5, 0.6) is 0 Å². The van der Waals surface area contributed by atoms with Crippen molar-refractivity contribution in [3.8, 4) is 0 Å². The van der Waals surface area contributed by atoms with Gasteiger partial charge in [0.15, 0.2) is 5.60 Å². The molecule has 0 aliphatic carbocycles. The number of aliphatic hydroxyl groups excluding tert-OH is 1. The Morgan fingerprint density at radius 3 is 2.46 bits per heavy atom. The molecular formula is C20H36O4. The van der Waals surface area contributed by atoms with E-state index in [1.165, 1.54) is 19.3 Å². The third-order valence-corrected chi connectivity index (χ3v) is 4.94. The van der Waals surface area contributed by atoms with E-state index in [0.29, 0.717) is 19.4 Å². The average Bonchev–Trinajstić information content (AvgIpc) is 2.51. The number of hydrogen-bond acceptors (Lipinski definition) is 3. The molecular weight excluding hydrogens is 304 g/mol.